The van der Waals surface area contributed by atoms with Crippen LogP contribution < -0.4 is 19.9 Å². The van der Waals surface area contributed by atoms with Crippen LogP contribution >= 0.6 is 22.7 Å². The number of aromatic hydroxyl groups is 2. The summed E-state index contributed by atoms with van der Waals surface area (Å²) in [5, 5.41) is 26.0. The molecule has 0 amide bonds. The van der Waals surface area contributed by atoms with E-state index in [1.807, 2.05) is 73.1 Å². The maximum absolute atomic E-state index is 13.3. The predicted octanol–water partition coefficient (Wildman–Crippen LogP) is 3.90. The second-order valence-electron chi connectivity index (χ2n) is 9.33. The van der Waals surface area contributed by atoms with Gasteiger partial charge in [0.05, 0.1) is 10.8 Å². The molecule has 0 fully saturated rings. The third kappa shape index (κ3) is 3.41. The van der Waals surface area contributed by atoms with Gasteiger partial charge in [-0.25, -0.2) is 9.59 Å². The van der Waals surface area contributed by atoms with Crippen molar-refractivity contribution in [1.82, 2.24) is 9.13 Å². The van der Waals surface area contributed by atoms with Crippen LogP contribution in [-0.4, -0.2) is 19.3 Å². The summed E-state index contributed by atoms with van der Waals surface area (Å²) in [6.45, 7) is 7.13. The van der Waals surface area contributed by atoms with E-state index in [0.29, 0.717) is 32.7 Å². The van der Waals surface area contributed by atoms with Crippen LogP contribution in [0.1, 0.15) is 22.3 Å². The molecule has 0 saturated carbocycles. The van der Waals surface area contributed by atoms with Gasteiger partial charge in [0.15, 0.2) is 11.4 Å². The third-order valence-corrected chi connectivity index (χ3v) is 8.62. The molecule has 0 aliphatic carbocycles. The zero-order valence-corrected chi connectivity index (χ0v) is 22.7. The van der Waals surface area contributed by atoms with Crippen LogP contribution in [0.15, 0.2) is 68.9 Å². The van der Waals surface area contributed by atoms with Crippen LogP contribution in [0, 0.1) is 27.7 Å². The molecule has 8 nitrogen and oxygen atoms in total. The number of hydrogen-bond acceptors (Lipinski definition) is 6. The van der Waals surface area contributed by atoms with E-state index in [2.05, 4.69) is 0 Å². The summed E-state index contributed by atoms with van der Waals surface area (Å²) < 4.78 is 6.39. The number of hydrogen-bond donors (Lipinski definition) is 2. The summed E-state index contributed by atoms with van der Waals surface area (Å²) in [6, 6.07) is 15.2. The van der Waals surface area contributed by atoms with Gasteiger partial charge in [0.1, 0.15) is 22.5 Å². The van der Waals surface area contributed by atoms with Gasteiger partial charge in [-0.15, -0.1) is 17.9 Å². The van der Waals surface area contributed by atoms with Gasteiger partial charge >= 0.3 is 21.0 Å². The van der Waals surface area contributed by atoms with Gasteiger partial charge in [-0.2, -0.15) is 0 Å². The SMILES string of the molecule is Cc1ccc(-n2c(=O)c(C)c(O)[n+]3c(-c4csc5n(-c6ccc(C)cc6)c(=O)c(C)c(O)[n+]45)csc23)cc1. The summed E-state index contributed by atoms with van der Waals surface area (Å²) in [5.74, 6) is -0.347. The molecule has 0 spiro atoms. The van der Waals surface area contributed by atoms with E-state index in [9.17, 15) is 19.8 Å². The van der Waals surface area contributed by atoms with Gasteiger partial charge in [-0.3, -0.25) is 0 Å². The lowest BCUT2D eigenvalue weighted by molar-refractivity contribution is -0.543. The van der Waals surface area contributed by atoms with Crippen molar-refractivity contribution in [1.29, 1.82) is 0 Å². The Morgan fingerprint density at radius 2 is 0.947 bits per heavy atom. The minimum atomic E-state index is -0.311. The van der Waals surface area contributed by atoms with Crippen molar-refractivity contribution >= 4 is 32.6 Å². The Morgan fingerprint density at radius 1 is 0.605 bits per heavy atom. The Balaban J connectivity index is 1.69. The minimum absolute atomic E-state index is 0.173. The molecular formula is C28H24N4O4S2+2. The molecule has 10 heteroatoms. The zero-order chi connectivity index (χ0) is 26.9. The highest BCUT2D eigenvalue weighted by molar-refractivity contribution is 7.15. The smallest absolute Gasteiger partial charge is 0.357 e. The summed E-state index contributed by atoms with van der Waals surface area (Å²) in [6.07, 6.45) is 0. The Morgan fingerprint density at radius 3 is 1.29 bits per heavy atom. The van der Waals surface area contributed by atoms with Crippen molar-refractivity contribution < 1.29 is 19.0 Å². The monoisotopic (exact) mass is 544 g/mol. The lowest BCUT2D eigenvalue weighted by atomic mass is 10.2. The average molecular weight is 545 g/mol. The summed E-state index contributed by atoms with van der Waals surface area (Å²) in [5.41, 5.74) is 4.43. The zero-order valence-electron chi connectivity index (χ0n) is 21.1. The van der Waals surface area contributed by atoms with E-state index in [1.165, 1.54) is 22.7 Å². The van der Waals surface area contributed by atoms with E-state index in [4.69, 9.17) is 0 Å². The van der Waals surface area contributed by atoms with Crippen molar-refractivity contribution in [3.05, 3.63) is 102 Å². The van der Waals surface area contributed by atoms with Crippen molar-refractivity contribution in [2.24, 2.45) is 0 Å². The van der Waals surface area contributed by atoms with Gasteiger partial charge in [-0.1, -0.05) is 58.1 Å². The maximum Gasteiger partial charge on any atom is 0.357 e. The van der Waals surface area contributed by atoms with E-state index in [0.717, 1.165) is 11.1 Å². The van der Waals surface area contributed by atoms with E-state index in [1.54, 1.807) is 31.8 Å². The van der Waals surface area contributed by atoms with Crippen molar-refractivity contribution in [3.63, 3.8) is 0 Å². The quantitative estimate of drug-likeness (QED) is 0.331. The van der Waals surface area contributed by atoms with Crippen molar-refractivity contribution in [3.8, 4) is 34.5 Å². The minimum Gasteiger partial charge on any atom is -0.477 e. The fourth-order valence-electron chi connectivity index (χ4n) is 4.58. The number of benzene rings is 2. The Labute approximate surface area is 224 Å². The molecule has 0 saturated heterocycles. The van der Waals surface area contributed by atoms with Crippen molar-refractivity contribution in [2.75, 3.05) is 0 Å². The molecule has 38 heavy (non-hydrogen) atoms. The standard InChI is InChI=1S/C28H22N4O4S2/c1-15-5-9-19(10-6-15)29-23(33)17(3)25(35)31-21(13-37-27(29)31)22-14-38-28-30(20-11-7-16(2)8-12-20)24(34)18(4)26(36)32(22)28/h5-14H,1-4H3/p+2. The molecule has 0 atom stereocenters. The Kier molecular flexibility index (Phi) is 5.48. The van der Waals surface area contributed by atoms with E-state index >= 15 is 0 Å². The Bertz CT molecular complexity index is 1870. The first-order chi connectivity index (χ1) is 18.2. The molecule has 0 bridgehead atoms. The average Bonchev–Trinajstić information content (AvgIpc) is 3.53. The van der Waals surface area contributed by atoms with Crippen LogP contribution in [0.3, 0.4) is 0 Å². The van der Waals surface area contributed by atoms with E-state index < -0.39 is 0 Å². The van der Waals surface area contributed by atoms with Crippen LogP contribution in [0.4, 0.5) is 0 Å². The largest absolute Gasteiger partial charge is 0.477 e. The van der Waals surface area contributed by atoms with Crippen LogP contribution in [0.5, 0.6) is 11.8 Å². The summed E-state index contributed by atoms with van der Waals surface area (Å²) >= 11 is 2.61. The lowest BCUT2D eigenvalue weighted by Gasteiger charge is -2.06. The number of aryl methyl sites for hydroxylation is 2. The molecule has 0 radical (unpaired) electrons. The molecule has 190 valence electrons. The second kappa shape index (κ2) is 8.64. The Hall–Kier alpha value is -4.28. The normalized spacial score (nSPS) is 11.6. The number of rotatable bonds is 3. The summed E-state index contributed by atoms with van der Waals surface area (Å²) in [7, 11) is 0. The number of thiazole rings is 2. The number of fused-ring (bicyclic) bond motifs is 2. The molecule has 0 unspecified atom stereocenters. The first-order valence-electron chi connectivity index (χ1n) is 11.9. The van der Waals surface area contributed by atoms with Gasteiger partial charge in [-0.05, 0) is 52.0 Å². The topological polar surface area (TPSA) is 92.7 Å². The molecule has 6 rings (SSSR count). The first kappa shape index (κ1) is 24.1. The van der Waals surface area contributed by atoms with Gasteiger partial charge < -0.3 is 10.2 Å². The van der Waals surface area contributed by atoms with Crippen molar-refractivity contribution in [2.45, 2.75) is 27.7 Å². The fraction of sp³-hybridized carbons (Fsp3) is 0.143. The fourth-order valence-corrected chi connectivity index (χ4v) is 6.63. The second-order valence-corrected chi connectivity index (χ2v) is 11.0. The summed E-state index contributed by atoms with van der Waals surface area (Å²) in [4.78, 5) is 27.6. The number of aromatic nitrogens is 4. The van der Waals surface area contributed by atoms with Gasteiger partial charge in [0.2, 0.25) is 0 Å². The van der Waals surface area contributed by atoms with Crippen LogP contribution in [-0.2, 0) is 0 Å². The molecule has 4 heterocycles. The van der Waals surface area contributed by atoms with Gasteiger partial charge in [0, 0.05) is 0 Å². The van der Waals surface area contributed by atoms with Crippen LogP contribution in [0.2, 0.25) is 0 Å². The molecule has 6 aromatic rings. The number of nitrogens with zero attached hydrogens (tertiary/aromatic N) is 4. The molecule has 0 aliphatic rings. The third-order valence-electron chi connectivity index (χ3n) is 6.79. The first-order valence-corrected chi connectivity index (χ1v) is 13.6. The highest BCUT2D eigenvalue weighted by Gasteiger charge is 2.33. The van der Waals surface area contributed by atoms with Crippen LogP contribution in [0.25, 0.3) is 32.7 Å². The molecule has 2 aromatic carbocycles. The van der Waals surface area contributed by atoms with E-state index in [-0.39, 0.29) is 34.0 Å². The highest BCUT2D eigenvalue weighted by atomic mass is 32.1. The molecule has 4 aromatic heterocycles. The molecule has 2 N–H and O–H groups in total. The molecule has 0 aliphatic heterocycles. The predicted molar refractivity (Wildman–Crippen MR) is 147 cm³/mol. The highest BCUT2D eigenvalue weighted by Crippen LogP contribution is 2.28. The lowest BCUT2D eigenvalue weighted by Crippen LogP contribution is -2.38. The van der Waals surface area contributed by atoms with Gasteiger partial charge in [0.25, 0.3) is 11.8 Å². The molecular weight excluding hydrogens is 520 g/mol. The maximum atomic E-state index is 13.3.